The van der Waals surface area contributed by atoms with Gasteiger partial charge in [0.1, 0.15) is 5.76 Å². The zero-order chi connectivity index (χ0) is 11.9. The van der Waals surface area contributed by atoms with Gasteiger partial charge in [-0.3, -0.25) is 0 Å². The molecule has 2 aromatic rings. The van der Waals surface area contributed by atoms with Crippen molar-refractivity contribution in [2.24, 2.45) is 0 Å². The van der Waals surface area contributed by atoms with Gasteiger partial charge in [0.15, 0.2) is 0 Å². The molecule has 0 amide bonds. The normalized spacial score (nSPS) is 12.0. The van der Waals surface area contributed by atoms with Crippen molar-refractivity contribution in [2.45, 2.75) is 26.2 Å². The number of hydrogen-bond donors (Lipinski definition) is 0. The van der Waals surface area contributed by atoms with E-state index in [0.717, 1.165) is 9.86 Å². The molecule has 0 radical (unpaired) electrons. The first-order valence-electron chi connectivity index (χ1n) is 5.12. The minimum Gasteiger partial charge on any atom is -0.427 e. The van der Waals surface area contributed by atoms with Gasteiger partial charge >= 0.3 is 5.63 Å². The van der Waals surface area contributed by atoms with Gasteiger partial charge in [-0.05, 0) is 29.7 Å². The minimum absolute atomic E-state index is 0.157. The zero-order valence-electron chi connectivity index (χ0n) is 9.50. The van der Waals surface area contributed by atoms with Crippen molar-refractivity contribution in [2.75, 3.05) is 0 Å². The van der Waals surface area contributed by atoms with E-state index < -0.39 is 0 Å². The smallest absolute Gasteiger partial charge is 0.343 e. The van der Waals surface area contributed by atoms with Crippen LogP contribution < -0.4 is 5.63 Å². The van der Waals surface area contributed by atoms with E-state index >= 15 is 0 Å². The maximum Gasteiger partial charge on any atom is 0.343 e. The Kier molecular flexibility index (Phi) is 2.66. The molecule has 1 aromatic heterocycles. The SMILES string of the molecule is CC(C)(C)c1cc2cc(Br)ccc2c(=O)o1. The molecular weight excluding hydrogens is 268 g/mol. The van der Waals surface area contributed by atoms with Crippen molar-refractivity contribution in [3.8, 4) is 0 Å². The minimum atomic E-state index is -0.269. The summed E-state index contributed by atoms with van der Waals surface area (Å²) in [5, 5.41) is 1.53. The monoisotopic (exact) mass is 280 g/mol. The molecule has 0 aliphatic heterocycles. The Morgan fingerprint density at radius 1 is 1.19 bits per heavy atom. The van der Waals surface area contributed by atoms with E-state index in [1.807, 2.05) is 39.0 Å². The molecule has 0 atom stereocenters. The Hall–Kier alpha value is -1.09. The number of benzene rings is 1. The molecule has 1 aromatic carbocycles. The molecule has 84 valence electrons. The summed E-state index contributed by atoms with van der Waals surface area (Å²) in [6, 6.07) is 7.48. The fraction of sp³-hybridized carbons (Fsp3) is 0.308. The lowest BCUT2D eigenvalue weighted by molar-refractivity contribution is 0.382. The maximum absolute atomic E-state index is 11.8. The second kappa shape index (κ2) is 3.74. The van der Waals surface area contributed by atoms with E-state index in [2.05, 4.69) is 15.9 Å². The first kappa shape index (κ1) is 11.4. The molecule has 2 rings (SSSR count). The summed E-state index contributed by atoms with van der Waals surface area (Å²) in [7, 11) is 0. The molecule has 0 N–H and O–H groups in total. The van der Waals surface area contributed by atoms with Crippen molar-refractivity contribution in [1.82, 2.24) is 0 Å². The fourth-order valence-electron chi connectivity index (χ4n) is 1.53. The zero-order valence-corrected chi connectivity index (χ0v) is 11.1. The quantitative estimate of drug-likeness (QED) is 0.734. The summed E-state index contributed by atoms with van der Waals surface area (Å²) >= 11 is 3.40. The molecule has 0 fully saturated rings. The van der Waals surface area contributed by atoms with Crippen LogP contribution in [0.3, 0.4) is 0 Å². The van der Waals surface area contributed by atoms with Gasteiger partial charge in [0.05, 0.1) is 5.39 Å². The number of halogens is 1. The average molecular weight is 281 g/mol. The topological polar surface area (TPSA) is 30.2 Å². The van der Waals surface area contributed by atoms with Crippen LogP contribution in [0.2, 0.25) is 0 Å². The van der Waals surface area contributed by atoms with Crippen molar-refractivity contribution < 1.29 is 4.42 Å². The van der Waals surface area contributed by atoms with Crippen molar-refractivity contribution >= 4 is 26.7 Å². The van der Waals surface area contributed by atoms with Crippen LogP contribution in [0.25, 0.3) is 10.8 Å². The van der Waals surface area contributed by atoms with Gasteiger partial charge < -0.3 is 4.42 Å². The van der Waals surface area contributed by atoms with E-state index in [0.29, 0.717) is 11.1 Å². The summed E-state index contributed by atoms with van der Waals surface area (Å²) in [5.74, 6) is 0.711. The van der Waals surface area contributed by atoms with Crippen LogP contribution >= 0.6 is 15.9 Å². The highest BCUT2D eigenvalue weighted by atomic mass is 79.9. The van der Waals surface area contributed by atoms with Crippen LogP contribution in [0.1, 0.15) is 26.5 Å². The summed E-state index contributed by atoms with van der Waals surface area (Å²) in [6.45, 7) is 6.07. The molecule has 0 bridgehead atoms. The molecule has 0 saturated heterocycles. The summed E-state index contributed by atoms with van der Waals surface area (Å²) in [4.78, 5) is 11.8. The second-order valence-electron chi connectivity index (χ2n) is 4.88. The third kappa shape index (κ3) is 2.05. The number of fused-ring (bicyclic) bond motifs is 1. The Morgan fingerprint density at radius 2 is 1.88 bits per heavy atom. The second-order valence-corrected chi connectivity index (χ2v) is 5.80. The molecule has 0 aliphatic rings. The Balaban J connectivity index is 2.80. The fourth-order valence-corrected chi connectivity index (χ4v) is 1.91. The van der Waals surface area contributed by atoms with E-state index in [1.165, 1.54) is 0 Å². The number of hydrogen-bond acceptors (Lipinski definition) is 2. The number of rotatable bonds is 0. The first-order chi connectivity index (χ1) is 7.38. The summed E-state index contributed by atoms with van der Waals surface area (Å²) in [5.41, 5.74) is -0.426. The highest BCUT2D eigenvalue weighted by molar-refractivity contribution is 9.10. The molecule has 0 saturated carbocycles. The van der Waals surface area contributed by atoms with E-state index in [4.69, 9.17) is 4.42 Å². The molecule has 16 heavy (non-hydrogen) atoms. The Morgan fingerprint density at radius 3 is 2.50 bits per heavy atom. The van der Waals surface area contributed by atoms with Gasteiger partial charge in [-0.2, -0.15) is 0 Å². The van der Waals surface area contributed by atoms with Crippen molar-refractivity contribution in [3.05, 3.63) is 44.9 Å². The predicted molar refractivity (Wildman–Crippen MR) is 68.9 cm³/mol. The first-order valence-corrected chi connectivity index (χ1v) is 5.91. The molecule has 2 nitrogen and oxygen atoms in total. The maximum atomic E-state index is 11.8. The standard InChI is InChI=1S/C13H13BrO2/c1-13(2,3)11-7-8-6-9(14)4-5-10(8)12(15)16-11/h4-7H,1-3H3. The largest absolute Gasteiger partial charge is 0.427 e. The van der Waals surface area contributed by atoms with Crippen molar-refractivity contribution in [1.29, 1.82) is 0 Å². The lowest BCUT2D eigenvalue weighted by Gasteiger charge is -2.16. The van der Waals surface area contributed by atoms with Crippen LogP contribution in [-0.2, 0) is 5.41 Å². The highest BCUT2D eigenvalue weighted by Gasteiger charge is 2.18. The van der Waals surface area contributed by atoms with E-state index in [9.17, 15) is 4.79 Å². The summed E-state index contributed by atoms with van der Waals surface area (Å²) < 4.78 is 6.29. The van der Waals surface area contributed by atoms with Gasteiger partial charge in [0, 0.05) is 9.89 Å². The molecule has 0 spiro atoms. The van der Waals surface area contributed by atoms with Crippen LogP contribution in [0.15, 0.2) is 37.9 Å². The Bertz CT molecular complexity index is 591. The van der Waals surface area contributed by atoms with Crippen LogP contribution in [0.4, 0.5) is 0 Å². The molecule has 0 aliphatic carbocycles. The third-order valence-electron chi connectivity index (χ3n) is 2.46. The van der Waals surface area contributed by atoms with Gasteiger partial charge in [-0.25, -0.2) is 4.79 Å². The third-order valence-corrected chi connectivity index (χ3v) is 2.96. The lowest BCUT2D eigenvalue weighted by Crippen LogP contribution is -2.14. The van der Waals surface area contributed by atoms with E-state index in [1.54, 1.807) is 6.07 Å². The molecular formula is C13H13BrO2. The van der Waals surface area contributed by atoms with Gasteiger partial charge in [0.2, 0.25) is 0 Å². The Labute approximate surface area is 102 Å². The average Bonchev–Trinajstić information content (AvgIpc) is 2.15. The van der Waals surface area contributed by atoms with Crippen LogP contribution in [0.5, 0.6) is 0 Å². The molecule has 1 heterocycles. The van der Waals surface area contributed by atoms with Crippen LogP contribution in [-0.4, -0.2) is 0 Å². The lowest BCUT2D eigenvalue weighted by atomic mass is 9.92. The summed E-state index contributed by atoms with van der Waals surface area (Å²) in [6.07, 6.45) is 0. The van der Waals surface area contributed by atoms with Crippen LogP contribution in [0, 0.1) is 0 Å². The van der Waals surface area contributed by atoms with Gasteiger partial charge in [-0.15, -0.1) is 0 Å². The molecule has 3 heteroatoms. The van der Waals surface area contributed by atoms with Crippen molar-refractivity contribution in [3.63, 3.8) is 0 Å². The predicted octanol–water partition coefficient (Wildman–Crippen LogP) is 3.85. The van der Waals surface area contributed by atoms with Gasteiger partial charge in [-0.1, -0.05) is 36.7 Å². The van der Waals surface area contributed by atoms with Gasteiger partial charge in [0.25, 0.3) is 0 Å². The highest BCUT2D eigenvalue weighted by Crippen LogP contribution is 2.25. The van der Waals surface area contributed by atoms with E-state index in [-0.39, 0.29) is 11.0 Å². The molecule has 0 unspecified atom stereocenters.